The molecule has 0 atom stereocenters. The van der Waals surface area contributed by atoms with E-state index in [4.69, 9.17) is 4.52 Å². The fraction of sp³-hybridized carbons (Fsp3) is 0.105. The van der Waals surface area contributed by atoms with E-state index in [0.29, 0.717) is 28.3 Å². The maximum atomic E-state index is 12.7. The first-order valence-electron chi connectivity index (χ1n) is 7.51. The van der Waals surface area contributed by atoms with Gasteiger partial charge in [0, 0.05) is 11.1 Å². The standard InChI is InChI=1S/C19H16N2O3/c1-12(22)15-10-6-7-11-16(15)20-19(23)17-13(2)24-21-18(17)14-8-4-3-5-9-14/h3-11H,1-2H3,(H,20,23). The predicted octanol–water partition coefficient (Wildman–Crippen LogP) is 4.10. The Hall–Kier alpha value is -3.21. The van der Waals surface area contributed by atoms with Gasteiger partial charge >= 0.3 is 0 Å². The van der Waals surface area contributed by atoms with Crippen LogP contribution in [0.3, 0.4) is 0 Å². The molecule has 1 amide bonds. The van der Waals surface area contributed by atoms with E-state index in [-0.39, 0.29) is 11.7 Å². The van der Waals surface area contributed by atoms with Crippen LogP contribution >= 0.6 is 0 Å². The lowest BCUT2D eigenvalue weighted by atomic mass is 10.0. The second-order valence-corrected chi connectivity index (χ2v) is 5.38. The number of nitrogens with zero attached hydrogens (tertiary/aromatic N) is 1. The Bertz CT molecular complexity index is 898. The number of nitrogens with one attached hydrogen (secondary N) is 1. The summed E-state index contributed by atoms with van der Waals surface area (Å²) in [4.78, 5) is 24.4. The summed E-state index contributed by atoms with van der Waals surface area (Å²) in [5.41, 5.74) is 2.56. The third-order valence-corrected chi connectivity index (χ3v) is 3.69. The molecule has 0 aliphatic carbocycles. The lowest BCUT2D eigenvalue weighted by molar-refractivity contribution is 0.101. The van der Waals surface area contributed by atoms with Gasteiger partial charge in [0.15, 0.2) is 5.78 Å². The summed E-state index contributed by atoms with van der Waals surface area (Å²) in [6, 6.07) is 16.2. The van der Waals surface area contributed by atoms with E-state index in [1.165, 1.54) is 6.92 Å². The molecule has 1 heterocycles. The molecule has 0 spiro atoms. The highest BCUT2D eigenvalue weighted by Crippen LogP contribution is 2.26. The largest absolute Gasteiger partial charge is 0.360 e. The van der Waals surface area contributed by atoms with Crippen molar-refractivity contribution in [3.8, 4) is 11.3 Å². The molecule has 120 valence electrons. The van der Waals surface area contributed by atoms with Crippen LogP contribution in [0.4, 0.5) is 5.69 Å². The van der Waals surface area contributed by atoms with E-state index in [1.54, 1.807) is 31.2 Å². The van der Waals surface area contributed by atoms with E-state index < -0.39 is 0 Å². The van der Waals surface area contributed by atoms with Gasteiger partial charge < -0.3 is 9.84 Å². The van der Waals surface area contributed by atoms with Crippen molar-refractivity contribution in [3.63, 3.8) is 0 Å². The minimum Gasteiger partial charge on any atom is -0.360 e. The highest BCUT2D eigenvalue weighted by atomic mass is 16.5. The Morgan fingerprint density at radius 1 is 1.00 bits per heavy atom. The van der Waals surface area contributed by atoms with Gasteiger partial charge in [-0.05, 0) is 26.0 Å². The van der Waals surface area contributed by atoms with E-state index in [2.05, 4.69) is 10.5 Å². The third kappa shape index (κ3) is 2.96. The number of rotatable bonds is 4. The number of Topliss-reactive ketones (excluding diaryl/α,β-unsaturated/α-hetero) is 1. The SMILES string of the molecule is CC(=O)c1ccccc1NC(=O)c1c(-c2ccccc2)noc1C. The van der Waals surface area contributed by atoms with Gasteiger partial charge in [0.25, 0.3) is 5.91 Å². The molecule has 0 saturated carbocycles. The molecule has 1 N–H and O–H groups in total. The molecule has 0 radical (unpaired) electrons. The van der Waals surface area contributed by atoms with Crippen LogP contribution < -0.4 is 5.32 Å². The van der Waals surface area contributed by atoms with E-state index in [9.17, 15) is 9.59 Å². The van der Waals surface area contributed by atoms with Crippen LogP contribution in [0.15, 0.2) is 59.1 Å². The summed E-state index contributed by atoms with van der Waals surface area (Å²) in [5.74, 6) is -0.0517. The molecule has 0 saturated heterocycles. The summed E-state index contributed by atoms with van der Waals surface area (Å²) in [7, 11) is 0. The average molecular weight is 320 g/mol. The molecule has 0 bridgehead atoms. The van der Waals surface area contributed by atoms with Crippen molar-refractivity contribution in [2.24, 2.45) is 0 Å². The number of carbonyl (C=O) groups is 2. The molecule has 1 aromatic heterocycles. The zero-order valence-corrected chi connectivity index (χ0v) is 13.4. The van der Waals surface area contributed by atoms with Crippen molar-refractivity contribution >= 4 is 17.4 Å². The van der Waals surface area contributed by atoms with Crippen LogP contribution in [0, 0.1) is 6.92 Å². The lowest BCUT2D eigenvalue weighted by Crippen LogP contribution is -2.15. The van der Waals surface area contributed by atoms with Crippen molar-refractivity contribution < 1.29 is 14.1 Å². The molecule has 24 heavy (non-hydrogen) atoms. The van der Waals surface area contributed by atoms with Crippen LogP contribution in [0.25, 0.3) is 11.3 Å². The number of hydrogen-bond acceptors (Lipinski definition) is 4. The van der Waals surface area contributed by atoms with Crippen molar-refractivity contribution in [1.82, 2.24) is 5.16 Å². The maximum absolute atomic E-state index is 12.7. The number of aryl methyl sites for hydroxylation is 1. The molecule has 3 aromatic rings. The minimum atomic E-state index is -0.360. The van der Waals surface area contributed by atoms with Gasteiger partial charge in [-0.2, -0.15) is 0 Å². The highest BCUT2D eigenvalue weighted by molar-refractivity contribution is 6.11. The second-order valence-electron chi connectivity index (χ2n) is 5.38. The summed E-state index contributed by atoms with van der Waals surface area (Å²) in [6.07, 6.45) is 0. The van der Waals surface area contributed by atoms with Gasteiger partial charge in [-0.15, -0.1) is 0 Å². The fourth-order valence-corrected chi connectivity index (χ4v) is 2.52. The molecule has 5 nitrogen and oxygen atoms in total. The quantitative estimate of drug-likeness (QED) is 0.734. The van der Waals surface area contributed by atoms with Gasteiger partial charge in [-0.3, -0.25) is 9.59 Å². The van der Waals surface area contributed by atoms with Gasteiger partial charge in [0.05, 0.1) is 5.69 Å². The van der Waals surface area contributed by atoms with Crippen molar-refractivity contribution in [3.05, 3.63) is 71.5 Å². The van der Waals surface area contributed by atoms with Gasteiger partial charge in [-0.25, -0.2) is 0 Å². The van der Waals surface area contributed by atoms with Crippen LogP contribution in [-0.4, -0.2) is 16.8 Å². The molecular formula is C19H16N2O3. The lowest BCUT2D eigenvalue weighted by Gasteiger charge is -2.09. The second kappa shape index (κ2) is 6.50. The number of ketones is 1. The number of carbonyl (C=O) groups excluding carboxylic acids is 2. The molecule has 0 unspecified atom stereocenters. The first-order chi connectivity index (χ1) is 11.6. The number of amides is 1. The Morgan fingerprint density at radius 2 is 1.67 bits per heavy atom. The van der Waals surface area contributed by atoms with Crippen molar-refractivity contribution in [1.29, 1.82) is 0 Å². The minimum absolute atomic E-state index is 0.115. The van der Waals surface area contributed by atoms with Crippen LogP contribution in [0.5, 0.6) is 0 Å². The van der Waals surface area contributed by atoms with Crippen molar-refractivity contribution in [2.45, 2.75) is 13.8 Å². The van der Waals surface area contributed by atoms with Crippen LogP contribution in [0.2, 0.25) is 0 Å². The molecule has 0 aliphatic heterocycles. The van der Waals surface area contributed by atoms with Crippen LogP contribution in [-0.2, 0) is 0 Å². The molecular weight excluding hydrogens is 304 g/mol. The van der Waals surface area contributed by atoms with Gasteiger partial charge in [-0.1, -0.05) is 47.6 Å². The Labute approximate surface area is 139 Å². The molecule has 5 heteroatoms. The number of anilines is 1. The Kier molecular flexibility index (Phi) is 4.24. The van der Waals surface area contributed by atoms with Gasteiger partial charge in [0.2, 0.25) is 0 Å². The van der Waals surface area contributed by atoms with Crippen molar-refractivity contribution in [2.75, 3.05) is 5.32 Å². The summed E-state index contributed by atoms with van der Waals surface area (Å²) < 4.78 is 5.21. The predicted molar refractivity (Wildman–Crippen MR) is 91.1 cm³/mol. The molecule has 3 rings (SSSR count). The number of benzene rings is 2. The van der Waals surface area contributed by atoms with Crippen LogP contribution in [0.1, 0.15) is 33.4 Å². The number of hydrogen-bond donors (Lipinski definition) is 1. The summed E-state index contributed by atoms with van der Waals surface area (Å²) in [6.45, 7) is 3.15. The highest BCUT2D eigenvalue weighted by Gasteiger charge is 2.22. The first-order valence-corrected chi connectivity index (χ1v) is 7.51. The third-order valence-electron chi connectivity index (χ3n) is 3.69. The number of aromatic nitrogens is 1. The average Bonchev–Trinajstić information content (AvgIpc) is 2.97. The van der Waals surface area contributed by atoms with Gasteiger partial charge in [0.1, 0.15) is 17.0 Å². The normalized spacial score (nSPS) is 10.4. The summed E-state index contributed by atoms with van der Waals surface area (Å²) >= 11 is 0. The topological polar surface area (TPSA) is 72.2 Å². The molecule has 2 aromatic carbocycles. The van der Waals surface area contributed by atoms with E-state index in [0.717, 1.165) is 5.56 Å². The first kappa shape index (κ1) is 15.7. The van der Waals surface area contributed by atoms with E-state index in [1.807, 2.05) is 30.3 Å². The zero-order chi connectivity index (χ0) is 17.1. The molecule has 0 fully saturated rings. The smallest absolute Gasteiger partial charge is 0.261 e. The molecule has 0 aliphatic rings. The monoisotopic (exact) mass is 320 g/mol. The fourth-order valence-electron chi connectivity index (χ4n) is 2.52. The maximum Gasteiger partial charge on any atom is 0.261 e. The summed E-state index contributed by atoms with van der Waals surface area (Å²) in [5, 5.41) is 6.79. The Morgan fingerprint density at radius 3 is 2.38 bits per heavy atom. The Balaban J connectivity index is 1.98. The van der Waals surface area contributed by atoms with E-state index >= 15 is 0 Å². The number of para-hydroxylation sites is 1. The zero-order valence-electron chi connectivity index (χ0n) is 13.4.